The van der Waals surface area contributed by atoms with Gasteiger partial charge in [-0.1, -0.05) is 23.7 Å². The topological polar surface area (TPSA) is 61.8 Å². The molecule has 0 saturated heterocycles. The highest BCUT2D eigenvalue weighted by molar-refractivity contribution is 7.19. The molecule has 26 heavy (non-hydrogen) atoms. The Balaban J connectivity index is 1.83. The Morgan fingerprint density at radius 3 is 2.58 bits per heavy atom. The minimum Gasteiger partial charge on any atom is -0.384 e. The number of aromatic amines is 1. The van der Waals surface area contributed by atoms with Crippen molar-refractivity contribution in [3.8, 4) is 21.1 Å². The van der Waals surface area contributed by atoms with Gasteiger partial charge in [0.15, 0.2) is 0 Å². The van der Waals surface area contributed by atoms with Gasteiger partial charge in [0, 0.05) is 40.1 Å². The molecule has 0 bridgehead atoms. The van der Waals surface area contributed by atoms with Gasteiger partial charge >= 0.3 is 0 Å². The molecule has 4 rings (SSSR count). The molecular weight excluding hydrogens is 373 g/mol. The van der Waals surface area contributed by atoms with Crippen LogP contribution in [0.3, 0.4) is 0 Å². The third-order valence-corrected chi connectivity index (χ3v) is 5.42. The number of hydrogen-bond acceptors (Lipinski definition) is 4. The van der Waals surface area contributed by atoms with Crippen molar-refractivity contribution in [3.05, 3.63) is 83.2 Å². The molecule has 0 fully saturated rings. The molecule has 0 aliphatic carbocycles. The lowest BCUT2D eigenvalue weighted by molar-refractivity contribution is 0.221. The largest absolute Gasteiger partial charge is 0.384 e. The molecule has 0 aliphatic rings. The maximum atomic E-state index is 13.5. The fourth-order valence-corrected chi connectivity index (χ4v) is 3.98. The van der Waals surface area contributed by atoms with E-state index < -0.39 is 12.1 Å². The average molecular weight is 386 g/mol. The Kier molecular flexibility index (Phi) is 4.55. The first kappa shape index (κ1) is 16.9. The molecular formula is C19H13ClFN3OS. The highest BCUT2D eigenvalue weighted by atomic mass is 35.5. The van der Waals surface area contributed by atoms with Gasteiger partial charge in [0.1, 0.15) is 11.9 Å². The van der Waals surface area contributed by atoms with Gasteiger partial charge < -0.3 is 10.1 Å². The highest BCUT2D eigenvalue weighted by Crippen LogP contribution is 2.41. The third-order valence-electron chi connectivity index (χ3n) is 3.97. The summed E-state index contributed by atoms with van der Waals surface area (Å²) in [7, 11) is 0. The van der Waals surface area contributed by atoms with E-state index >= 15 is 0 Å². The van der Waals surface area contributed by atoms with Crippen molar-refractivity contribution in [1.29, 1.82) is 0 Å². The number of hydrogen-bond donors (Lipinski definition) is 2. The van der Waals surface area contributed by atoms with E-state index in [1.807, 2.05) is 6.07 Å². The Bertz CT molecular complexity index is 1030. The number of thiophene rings is 1. The number of nitrogens with one attached hydrogen (secondary N) is 1. The first-order valence-corrected chi connectivity index (χ1v) is 9.00. The minimum atomic E-state index is -0.857. The van der Waals surface area contributed by atoms with E-state index in [0.29, 0.717) is 27.5 Å². The maximum Gasteiger partial charge on any atom is 0.213 e. The summed E-state index contributed by atoms with van der Waals surface area (Å²) in [5.41, 5.74) is 2.11. The lowest BCUT2D eigenvalue weighted by Crippen LogP contribution is -1.99. The molecule has 1 aromatic carbocycles. The van der Waals surface area contributed by atoms with Crippen LogP contribution in [0.25, 0.3) is 21.1 Å². The van der Waals surface area contributed by atoms with Crippen molar-refractivity contribution < 1.29 is 9.50 Å². The Hall–Kier alpha value is -2.54. The fourth-order valence-electron chi connectivity index (χ4n) is 2.71. The lowest BCUT2D eigenvalue weighted by Gasteiger charge is -2.11. The second-order valence-electron chi connectivity index (χ2n) is 5.65. The van der Waals surface area contributed by atoms with Crippen LogP contribution in [0.2, 0.25) is 5.02 Å². The first-order chi connectivity index (χ1) is 12.6. The van der Waals surface area contributed by atoms with Gasteiger partial charge in [-0.05, 0) is 35.4 Å². The number of rotatable bonds is 4. The Morgan fingerprint density at radius 2 is 1.88 bits per heavy atom. The third kappa shape index (κ3) is 3.26. The Morgan fingerprint density at radius 1 is 1.08 bits per heavy atom. The van der Waals surface area contributed by atoms with Gasteiger partial charge in [-0.25, -0.2) is 9.97 Å². The quantitative estimate of drug-likeness (QED) is 0.482. The van der Waals surface area contributed by atoms with Gasteiger partial charge in [0.25, 0.3) is 0 Å². The van der Waals surface area contributed by atoms with Crippen molar-refractivity contribution in [3.63, 3.8) is 0 Å². The van der Waals surface area contributed by atoms with Crippen LogP contribution in [-0.2, 0) is 0 Å². The van der Waals surface area contributed by atoms with Crippen LogP contribution < -0.4 is 0 Å². The monoisotopic (exact) mass is 385 g/mol. The van der Waals surface area contributed by atoms with E-state index in [9.17, 15) is 9.50 Å². The summed E-state index contributed by atoms with van der Waals surface area (Å²) in [4.78, 5) is 12.6. The fraction of sp³-hybridized carbons (Fsp3) is 0.0526. The van der Waals surface area contributed by atoms with Crippen LogP contribution in [0.4, 0.5) is 4.39 Å². The van der Waals surface area contributed by atoms with Crippen molar-refractivity contribution in [1.82, 2.24) is 15.0 Å². The van der Waals surface area contributed by atoms with E-state index in [2.05, 4.69) is 15.0 Å². The molecule has 2 N–H and O–H groups in total. The smallest absolute Gasteiger partial charge is 0.213 e. The predicted molar refractivity (Wildman–Crippen MR) is 101 cm³/mol. The molecule has 3 aromatic heterocycles. The van der Waals surface area contributed by atoms with Crippen LogP contribution in [0, 0.1) is 5.95 Å². The van der Waals surface area contributed by atoms with Gasteiger partial charge in [-0.15, -0.1) is 11.3 Å². The SMILES string of the molecule is O[C@@H](c1ccc(Cl)cc1)c1cc(-c2ccnc(F)c2)sc1-c1ncc[nH]1. The van der Waals surface area contributed by atoms with E-state index in [1.165, 1.54) is 23.6 Å². The number of halogens is 2. The van der Waals surface area contributed by atoms with Crippen LogP contribution in [0.15, 0.2) is 61.1 Å². The summed E-state index contributed by atoms with van der Waals surface area (Å²) in [5.74, 6) is 0.106. The average Bonchev–Trinajstić information content (AvgIpc) is 3.31. The summed E-state index contributed by atoms with van der Waals surface area (Å²) in [6.07, 6.45) is 3.94. The Labute approximate surface area is 158 Å². The number of imidazole rings is 1. The molecule has 130 valence electrons. The van der Waals surface area contributed by atoms with Crippen molar-refractivity contribution >= 4 is 22.9 Å². The standard InChI is InChI=1S/C19H13ClFN3OS/c20-13-3-1-11(2-4-13)17(25)14-10-15(12-5-6-22-16(21)9-12)26-18(14)19-23-7-8-24-19/h1-10,17,25H,(H,23,24)/t17-/m0/s1. The molecule has 0 amide bonds. The second kappa shape index (κ2) is 6.99. The molecule has 1 atom stereocenters. The van der Waals surface area contributed by atoms with Crippen LogP contribution >= 0.6 is 22.9 Å². The van der Waals surface area contributed by atoms with E-state index in [0.717, 1.165) is 9.75 Å². The molecule has 0 unspecified atom stereocenters. The van der Waals surface area contributed by atoms with Crippen LogP contribution in [-0.4, -0.2) is 20.1 Å². The highest BCUT2D eigenvalue weighted by Gasteiger charge is 2.21. The summed E-state index contributed by atoms with van der Waals surface area (Å²) in [5, 5.41) is 11.5. The van der Waals surface area contributed by atoms with Crippen LogP contribution in [0.1, 0.15) is 17.2 Å². The normalized spacial score (nSPS) is 12.3. The molecule has 3 heterocycles. The number of benzene rings is 1. The molecule has 0 spiro atoms. The number of nitrogens with zero attached hydrogens (tertiary/aromatic N) is 2. The van der Waals surface area contributed by atoms with Gasteiger partial charge in [0.2, 0.25) is 5.95 Å². The number of aliphatic hydroxyl groups is 1. The summed E-state index contributed by atoms with van der Waals surface area (Å²) < 4.78 is 13.5. The van der Waals surface area contributed by atoms with Gasteiger partial charge in [0.05, 0.1) is 4.88 Å². The molecule has 0 saturated carbocycles. The van der Waals surface area contributed by atoms with E-state index in [4.69, 9.17) is 11.6 Å². The van der Waals surface area contributed by atoms with Gasteiger partial charge in [-0.3, -0.25) is 0 Å². The predicted octanol–water partition coefficient (Wildman–Crippen LogP) is 5.07. The number of H-pyrrole nitrogens is 1. The molecule has 7 heteroatoms. The first-order valence-electron chi connectivity index (χ1n) is 7.81. The van der Waals surface area contributed by atoms with Crippen molar-refractivity contribution in [2.45, 2.75) is 6.10 Å². The second-order valence-corrected chi connectivity index (χ2v) is 7.14. The molecule has 0 aliphatic heterocycles. The summed E-state index contributed by atoms with van der Waals surface area (Å²) in [6, 6.07) is 12.0. The zero-order valence-corrected chi connectivity index (χ0v) is 14.9. The lowest BCUT2D eigenvalue weighted by atomic mass is 10.0. The van der Waals surface area contributed by atoms with Crippen LogP contribution in [0.5, 0.6) is 0 Å². The zero-order valence-electron chi connectivity index (χ0n) is 13.4. The van der Waals surface area contributed by atoms with Crippen molar-refractivity contribution in [2.75, 3.05) is 0 Å². The van der Waals surface area contributed by atoms with Gasteiger partial charge in [-0.2, -0.15) is 4.39 Å². The number of aromatic nitrogens is 3. The number of aliphatic hydroxyl groups excluding tert-OH is 1. The van der Waals surface area contributed by atoms with E-state index in [1.54, 1.807) is 42.7 Å². The molecule has 4 nitrogen and oxygen atoms in total. The molecule has 4 aromatic rings. The minimum absolute atomic E-state index is 0.546. The number of pyridine rings is 1. The van der Waals surface area contributed by atoms with E-state index in [-0.39, 0.29) is 0 Å². The summed E-state index contributed by atoms with van der Waals surface area (Å²) in [6.45, 7) is 0. The summed E-state index contributed by atoms with van der Waals surface area (Å²) >= 11 is 7.37. The maximum absolute atomic E-state index is 13.5. The molecule has 0 radical (unpaired) electrons. The van der Waals surface area contributed by atoms with Crippen molar-refractivity contribution in [2.24, 2.45) is 0 Å². The zero-order chi connectivity index (χ0) is 18.1.